The molecule has 1 saturated heterocycles. The maximum Gasteiger partial charge on any atom is 0.194 e. The van der Waals surface area contributed by atoms with Gasteiger partial charge in [-0.1, -0.05) is 37.3 Å². The van der Waals surface area contributed by atoms with E-state index in [9.17, 15) is 0 Å². The summed E-state index contributed by atoms with van der Waals surface area (Å²) in [4.78, 5) is 0. The zero-order chi connectivity index (χ0) is 10.7. The first kappa shape index (κ1) is 10.7. The van der Waals surface area contributed by atoms with E-state index in [1.54, 1.807) is 0 Å². The van der Waals surface area contributed by atoms with Crippen LogP contribution in [0.3, 0.4) is 0 Å². The predicted molar refractivity (Wildman–Crippen MR) is 59.5 cm³/mol. The molecule has 15 heavy (non-hydrogen) atoms. The Labute approximate surface area is 91.2 Å². The Bertz CT molecular complexity index is 310. The number of benzene rings is 1. The molecular weight excluding hydrogens is 188 g/mol. The third-order valence-electron chi connectivity index (χ3n) is 2.93. The number of hydrogen-bond donors (Lipinski definition) is 0. The molecule has 0 aliphatic carbocycles. The van der Waals surface area contributed by atoms with Gasteiger partial charge in [-0.3, -0.25) is 0 Å². The van der Waals surface area contributed by atoms with Crippen LogP contribution in [0.1, 0.15) is 32.3 Å². The highest BCUT2D eigenvalue weighted by Gasteiger charge is 2.37. The van der Waals surface area contributed by atoms with Crippen LogP contribution in [0.25, 0.3) is 0 Å². The van der Waals surface area contributed by atoms with Gasteiger partial charge in [0.1, 0.15) is 0 Å². The standard InChI is InChI=1S/C13H18O2/c1-3-13(12-7-5-4-6-8-12)14-10-9-11(2)15-13/h4-8,11H,3,9-10H2,1-2H3/t11-,13-/m1/s1. The Morgan fingerprint density at radius 2 is 2.07 bits per heavy atom. The van der Waals surface area contributed by atoms with Gasteiger partial charge in [0.2, 0.25) is 0 Å². The summed E-state index contributed by atoms with van der Waals surface area (Å²) in [5.74, 6) is -0.515. The lowest BCUT2D eigenvalue weighted by molar-refractivity contribution is -0.300. The van der Waals surface area contributed by atoms with E-state index in [1.807, 2.05) is 18.2 Å². The molecule has 2 atom stereocenters. The smallest absolute Gasteiger partial charge is 0.194 e. The largest absolute Gasteiger partial charge is 0.346 e. The van der Waals surface area contributed by atoms with Crippen molar-refractivity contribution in [3.05, 3.63) is 35.9 Å². The highest BCUT2D eigenvalue weighted by molar-refractivity contribution is 5.20. The molecule has 1 fully saturated rings. The van der Waals surface area contributed by atoms with E-state index < -0.39 is 5.79 Å². The Morgan fingerprint density at radius 1 is 1.33 bits per heavy atom. The second-order valence-corrected chi connectivity index (χ2v) is 4.04. The molecule has 0 spiro atoms. The minimum atomic E-state index is -0.515. The van der Waals surface area contributed by atoms with E-state index in [1.165, 1.54) is 0 Å². The Morgan fingerprint density at radius 3 is 2.67 bits per heavy atom. The average molecular weight is 206 g/mol. The molecule has 0 aromatic heterocycles. The second-order valence-electron chi connectivity index (χ2n) is 4.04. The fourth-order valence-electron chi connectivity index (χ4n) is 2.04. The van der Waals surface area contributed by atoms with Gasteiger partial charge in [-0.15, -0.1) is 0 Å². The molecule has 1 aliphatic heterocycles. The summed E-state index contributed by atoms with van der Waals surface area (Å²) in [6.07, 6.45) is 2.11. The minimum Gasteiger partial charge on any atom is -0.346 e. The van der Waals surface area contributed by atoms with E-state index in [0.29, 0.717) is 0 Å². The van der Waals surface area contributed by atoms with E-state index in [0.717, 1.165) is 25.0 Å². The Kier molecular flexibility index (Phi) is 3.08. The third-order valence-corrected chi connectivity index (χ3v) is 2.93. The maximum absolute atomic E-state index is 5.99. The highest BCUT2D eigenvalue weighted by Crippen LogP contribution is 2.35. The van der Waals surface area contributed by atoms with Crippen LogP contribution in [0.2, 0.25) is 0 Å². The van der Waals surface area contributed by atoms with Crippen LogP contribution >= 0.6 is 0 Å². The Balaban J connectivity index is 2.28. The topological polar surface area (TPSA) is 18.5 Å². The van der Waals surface area contributed by atoms with Crippen molar-refractivity contribution in [2.75, 3.05) is 6.61 Å². The number of rotatable bonds is 2. The van der Waals surface area contributed by atoms with Crippen molar-refractivity contribution in [1.82, 2.24) is 0 Å². The van der Waals surface area contributed by atoms with Crippen LogP contribution in [0.15, 0.2) is 30.3 Å². The van der Waals surface area contributed by atoms with Crippen molar-refractivity contribution < 1.29 is 9.47 Å². The molecule has 2 nitrogen and oxygen atoms in total. The summed E-state index contributed by atoms with van der Waals surface area (Å²) in [6.45, 7) is 4.99. The minimum absolute atomic E-state index is 0.277. The SMILES string of the molecule is CC[C@@]1(c2ccccc2)OCC[C@@H](C)O1. The normalized spacial score (nSPS) is 31.5. The van der Waals surface area contributed by atoms with E-state index in [4.69, 9.17) is 9.47 Å². The molecule has 0 amide bonds. The van der Waals surface area contributed by atoms with Gasteiger partial charge in [-0.2, -0.15) is 0 Å². The summed E-state index contributed by atoms with van der Waals surface area (Å²) in [5, 5.41) is 0. The van der Waals surface area contributed by atoms with Crippen LogP contribution in [-0.2, 0) is 15.3 Å². The first-order valence-electron chi connectivity index (χ1n) is 5.64. The highest BCUT2D eigenvalue weighted by atomic mass is 16.7. The van der Waals surface area contributed by atoms with E-state index >= 15 is 0 Å². The fraction of sp³-hybridized carbons (Fsp3) is 0.538. The lowest BCUT2D eigenvalue weighted by Crippen LogP contribution is -2.40. The molecule has 2 heteroatoms. The van der Waals surface area contributed by atoms with Crippen LogP contribution in [-0.4, -0.2) is 12.7 Å². The van der Waals surface area contributed by atoms with Crippen LogP contribution in [0.5, 0.6) is 0 Å². The summed E-state index contributed by atoms with van der Waals surface area (Å²) in [5.41, 5.74) is 1.12. The summed E-state index contributed by atoms with van der Waals surface area (Å²) < 4.78 is 11.8. The molecular formula is C13H18O2. The first-order valence-corrected chi connectivity index (χ1v) is 5.64. The quantitative estimate of drug-likeness (QED) is 0.740. The van der Waals surface area contributed by atoms with Gasteiger partial charge in [0.05, 0.1) is 12.7 Å². The zero-order valence-corrected chi connectivity index (χ0v) is 9.40. The summed E-state index contributed by atoms with van der Waals surface area (Å²) in [7, 11) is 0. The van der Waals surface area contributed by atoms with Gasteiger partial charge >= 0.3 is 0 Å². The van der Waals surface area contributed by atoms with Crippen molar-refractivity contribution in [3.8, 4) is 0 Å². The molecule has 1 heterocycles. The van der Waals surface area contributed by atoms with Gasteiger partial charge in [0.25, 0.3) is 0 Å². The zero-order valence-electron chi connectivity index (χ0n) is 9.40. The van der Waals surface area contributed by atoms with E-state index in [2.05, 4.69) is 26.0 Å². The molecule has 1 aliphatic rings. The molecule has 0 unspecified atom stereocenters. The van der Waals surface area contributed by atoms with Gasteiger partial charge in [-0.25, -0.2) is 0 Å². The lowest BCUT2D eigenvalue weighted by Gasteiger charge is -2.40. The molecule has 1 aromatic rings. The molecule has 2 rings (SSSR count). The predicted octanol–water partition coefficient (Wildman–Crippen LogP) is 3.07. The second kappa shape index (κ2) is 4.33. The fourth-order valence-corrected chi connectivity index (χ4v) is 2.04. The lowest BCUT2D eigenvalue weighted by atomic mass is 10.0. The molecule has 0 N–H and O–H groups in total. The molecule has 1 aromatic carbocycles. The summed E-state index contributed by atoms with van der Waals surface area (Å²) >= 11 is 0. The van der Waals surface area contributed by atoms with Crippen LogP contribution in [0, 0.1) is 0 Å². The summed E-state index contributed by atoms with van der Waals surface area (Å²) in [6, 6.07) is 10.2. The third kappa shape index (κ3) is 2.06. The first-order chi connectivity index (χ1) is 7.27. The van der Waals surface area contributed by atoms with Crippen LogP contribution < -0.4 is 0 Å². The van der Waals surface area contributed by atoms with Crippen molar-refractivity contribution >= 4 is 0 Å². The maximum atomic E-state index is 5.99. The van der Waals surface area contributed by atoms with Crippen molar-refractivity contribution in [2.45, 2.75) is 38.6 Å². The Hall–Kier alpha value is -0.860. The molecule has 82 valence electrons. The van der Waals surface area contributed by atoms with E-state index in [-0.39, 0.29) is 6.10 Å². The van der Waals surface area contributed by atoms with Gasteiger partial charge in [0, 0.05) is 12.0 Å². The van der Waals surface area contributed by atoms with Crippen molar-refractivity contribution in [3.63, 3.8) is 0 Å². The number of ether oxygens (including phenoxy) is 2. The molecule has 0 saturated carbocycles. The van der Waals surface area contributed by atoms with Crippen LogP contribution in [0.4, 0.5) is 0 Å². The van der Waals surface area contributed by atoms with Gasteiger partial charge in [-0.05, 0) is 13.3 Å². The average Bonchev–Trinajstić information content (AvgIpc) is 2.30. The molecule has 0 bridgehead atoms. The monoisotopic (exact) mass is 206 g/mol. The van der Waals surface area contributed by atoms with Crippen molar-refractivity contribution in [2.24, 2.45) is 0 Å². The van der Waals surface area contributed by atoms with Gasteiger partial charge in [0.15, 0.2) is 5.79 Å². The van der Waals surface area contributed by atoms with Gasteiger partial charge < -0.3 is 9.47 Å². The van der Waals surface area contributed by atoms with Crippen molar-refractivity contribution in [1.29, 1.82) is 0 Å². The molecule has 0 radical (unpaired) electrons. The number of hydrogen-bond acceptors (Lipinski definition) is 2.